The van der Waals surface area contributed by atoms with Gasteiger partial charge in [0.25, 0.3) is 0 Å². The zero-order valence-electron chi connectivity index (χ0n) is 14.0. The lowest BCUT2D eigenvalue weighted by Crippen LogP contribution is -2.58. The van der Waals surface area contributed by atoms with Crippen molar-refractivity contribution in [3.8, 4) is 0 Å². The van der Waals surface area contributed by atoms with Gasteiger partial charge in [-0.1, -0.05) is 0 Å². The van der Waals surface area contributed by atoms with Crippen molar-refractivity contribution >= 4 is 10.0 Å². The SMILES string of the molecule is CCn1ncc(S(=O)(=O)N2CC[C@H](OC)[C@]3(CCCO3)C2)c1C. The van der Waals surface area contributed by atoms with Crippen LogP contribution in [0.4, 0.5) is 0 Å². The van der Waals surface area contributed by atoms with Crippen LogP contribution in [0, 0.1) is 6.92 Å². The van der Waals surface area contributed by atoms with Crippen molar-refractivity contribution in [3.63, 3.8) is 0 Å². The van der Waals surface area contributed by atoms with Gasteiger partial charge in [-0.2, -0.15) is 9.40 Å². The van der Waals surface area contributed by atoms with E-state index in [-0.39, 0.29) is 6.10 Å². The molecule has 0 aliphatic carbocycles. The van der Waals surface area contributed by atoms with Crippen molar-refractivity contribution in [1.29, 1.82) is 0 Å². The van der Waals surface area contributed by atoms with Gasteiger partial charge in [0.15, 0.2) is 0 Å². The lowest BCUT2D eigenvalue weighted by atomic mass is 9.88. The summed E-state index contributed by atoms with van der Waals surface area (Å²) in [6.45, 7) is 5.86. The molecule has 3 heterocycles. The Kier molecular flexibility index (Phi) is 4.52. The van der Waals surface area contributed by atoms with E-state index in [1.165, 1.54) is 10.5 Å². The Bertz CT molecular complexity index is 664. The predicted molar refractivity (Wildman–Crippen MR) is 84.7 cm³/mol. The molecule has 0 amide bonds. The second-order valence-corrected chi connectivity index (χ2v) is 8.18. The topological polar surface area (TPSA) is 73.7 Å². The number of hydrogen-bond donors (Lipinski definition) is 0. The first kappa shape index (κ1) is 16.9. The summed E-state index contributed by atoms with van der Waals surface area (Å²) in [4.78, 5) is 0.295. The summed E-state index contributed by atoms with van der Waals surface area (Å²) in [7, 11) is -1.89. The van der Waals surface area contributed by atoms with Crippen molar-refractivity contribution in [1.82, 2.24) is 14.1 Å². The fourth-order valence-corrected chi connectivity index (χ4v) is 5.45. The maximum absolute atomic E-state index is 13.0. The van der Waals surface area contributed by atoms with Crippen molar-refractivity contribution in [2.45, 2.75) is 56.3 Å². The summed E-state index contributed by atoms with van der Waals surface area (Å²) in [5.74, 6) is 0. The number of methoxy groups -OCH3 is 1. The minimum atomic E-state index is -3.56. The molecule has 0 bridgehead atoms. The van der Waals surface area contributed by atoms with Crippen molar-refractivity contribution < 1.29 is 17.9 Å². The summed E-state index contributed by atoms with van der Waals surface area (Å²) >= 11 is 0. The van der Waals surface area contributed by atoms with E-state index in [2.05, 4.69) is 5.10 Å². The fraction of sp³-hybridized carbons (Fsp3) is 0.800. The molecule has 0 N–H and O–H groups in total. The summed E-state index contributed by atoms with van der Waals surface area (Å²) in [6, 6.07) is 0. The zero-order chi connectivity index (χ0) is 16.7. The average molecular weight is 343 g/mol. The van der Waals surface area contributed by atoms with Gasteiger partial charge in [0.1, 0.15) is 10.5 Å². The third-order valence-corrected chi connectivity index (χ3v) is 7.01. The average Bonchev–Trinajstić information content (AvgIpc) is 3.14. The maximum atomic E-state index is 13.0. The van der Waals surface area contributed by atoms with E-state index in [1.54, 1.807) is 18.7 Å². The highest BCUT2D eigenvalue weighted by Gasteiger charge is 2.50. The van der Waals surface area contributed by atoms with Gasteiger partial charge < -0.3 is 9.47 Å². The van der Waals surface area contributed by atoms with Gasteiger partial charge in [0.2, 0.25) is 10.0 Å². The lowest BCUT2D eigenvalue weighted by Gasteiger charge is -2.43. The number of rotatable bonds is 4. The third-order valence-electron chi connectivity index (χ3n) is 5.07. The smallest absolute Gasteiger partial charge is 0.246 e. The molecular weight excluding hydrogens is 318 g/mol. The van der Waals surface area contributed by atoms with E-state index in [4.69, 9.17) is 9.47 Å². The van der Waals surface area contributed by atoms with Crippen LogP contribution >= 0.6 is 0 Å². The van der Waals surface area contributed by atoms with E-state index in [0.717, 1.165) is 12.8 Å². The molecule has 0 saturated carbocycles. The maximum Gasteiger partial charge on any atom is 0.246 e. The molecule has 0 aromatic carbocycles. The largest absolute Gasteiger partial charge is 0.378 e. The highest BCUT2D eigenvalue weighted by atomic mass is 32.2. The molecule has 23 heavy (non-hydrogen) atoms. The molecule has 8 heteroatoms. The first-order valence-electron chi connectivity index (χ1n) is 8.14. The Morgan fingerprint density at radius 3 is 2.87 bits per heavy atom. The monoisotopic (exact) mass is 343 g/mol. The van der Waals surface area contributed by atoms with Crippen molar-refractivity contribution in [3.05, 3.63) is 11.9 Å². The molecule has 2 aliphatic rings. The van der Waals surface area contributed by atoms with E-state index in [9.17, 15) is 8.42 Å². The van der Waals surface area contributed by atoms with Gasteiger partial charge >= 0.3 is 0 Å². The Morgan fingerprint density at radius 1 is 1.52 bits per heavy atom. The van der Waals surface area contributed by atoms with Crippen LogP contribution in [0.3, 0.4) is 0 Å². The summed E-state index contributed by atoms with van der Waals surface area (Å²) in [5, 5.41) is 4.17. The van der Waals surface area contributed by atoms with Gasteiger partial charge in [0.05, 0.1) is 18.0 Å². The molecule has 2 saturated heterocycles. The van der Waals surface area contributed by atoms with Crippen LogP contribution < -0.4 is 0 Å². The number of aromatic nitrogens is 2. The van der Waals surface area contributed by atoms with E-state index < -0.39 is 15.6 Å². The molecule has 1 aromatic rings. The van der Waals surface area contributed by atoms with E-state index in [0.29, 0.717) is 43.3 Å². The van der Waals surface area contributed by atoms with Crippen LogP contribution in [-0.4, -0.2) is 61.0 Å². The van der Waals surface area contributed by atoms with Crippen LogP contribution in [-0.2, 0) is 26.0 Å². The Balaban J connectivity index is 1.90. The number of piperidine rings is 1. The van der Waals surface area contributed by atoms with Gasteiger partial charge in [-0.05, 0) is 33.1 Å². The second kappa shape index (κ2) is 6.16. The predicted octanol–water partition coefficient (Wildman–Crippen LogP) is 1.17. The summed E-state index contributed by atoms with van der Waals surface area (Å²) in [5.41, 5.74) is 0.178. The molecular formula is C15H25N3O4S. The number of aryl methyl sites for hydroxylation is 1. The van der Waals surface area contributed by atoms with Crippen LogP contribution in [0.15, 0.2) is 11.1 Å². The molecule has 2 fully saturated rings. The Morgan fingerprint density at radius 2 is 2.30 bits per heavy atom. The standard InChI is InChI=1S/C15H25N3O4S/c1-4-18-12(2)13(10-16-18)23(19,20)17-8-6-14(21-3)15(11-17)7-5-9-22-15/h10,14H,4-9,11H2,1-3H3/t14-,15-/m0/s1. The highest BCUT2D eigenvalue weighted by Crippen LogP contribution is 2.38. The first-order valence-corrected chi connectivity index (χ1v) is 9.58. The zero-order valence-corrected chi connectivity index (χ0v) is 14.8. The normalized spacial score (nSPS) is 29.4. The number of hydrogen-bond acceptors (Lipinski definition) is 5. The number of sulfonamides is 1. The summed E-state index contributed by atoms with van der Waals surface area (Å²) in [6.07, 6.45) is 3.84. The van der Waals surface area contributed by atoms with Gasteiger partial charge in [-0.3, -0.25) is 4.68 Å². The van der Waals surface area contributed by atoms with E-state index in [1.807, 2.05) is 6.92 Å². The van der Waals surface area contributed by atoms with Crippen LogP contribution in [0.5, 0.6) is 0 Å². The van der Waals surface area contributed by atoms with Crippen LogP contribution in [0.1, 0.15) is 31.9 Å². The van der Waals surface area contributed by atoms with Gasteiger partial charge in [-0.15, -0.1) is 0 Å². The van der Waals surface area contributed by atoms with Crippen LogP contribution in [0.2, 0.25) is 0 Å². The molecule has 3 rings (SSSR count). The van der Waals surface area contributed by atoms with Crippen LogP contribution in [0.25, 0.3) is 0 Å². The Hall–Kier alpha value is -0.960. The van der Waals surface area contributed by atoms with Crippen molar-refractivity contribution in [2.24, 2.45) is 0 Å². The number of ether oxygens (including phenoxy) is 2. The molecule has 1 aromatic heterocycles. The summed E-state index contributed by atoms with van der Waals surface area (Å²) < 4.78 is 40.9. The molecule has 0 radical (unpaired) electrons. The molecule has 0 unspecified atom stereocenters. The molecule has 2 aliphatic heterocycles. The van der Waals surface area contributed by atoms with Gasteiger partial charge in [-0.25, -0.2) is 8.42 Å². The molecule has 130 valence electrons. The third kappa shape index (κ3) is 2.71. The van der Waals surface area contributed by atoms with Crippen molar-refractivity contribution in [2.75, 3.05) is 26.8 Å². The molecule has 7 nitrogen and oxygen atoms in total. The quantitative estimate of drug-likeness (QED) is 0.820. The van der Waals surface area contributed by atoms with E-state index >= 15 is 0 Å². The van der Waals surface area contributed by atoms with Gasteiger partial charge in [0, 0.05) is 33.4 Å². The highest BCUT2D eigenvalue weighted by molar-refractivity contribution is 7.89. The second-order valence-electron chi connectivity index (χ2n) is 6.28. The molecule has 2 atom stereocenters. The minimum absolute atomic E-state index is 0.0455. The lowest BCUT2D eigenvalue weighted by molar-refractivity contribution is -0.132. The Labute approximate surface area is 137 Å². The molecule has 1 spiro atoms. The first-order chi connectivity index (χ1) is 10.9. The fourth-order valence-electron chi connectivity index (χ4n) is 3.78. The minimum Gasteiger partial charge on any atom is -0.378 e. The number of nitrogens with zero attached hydrogens (tertiary/aromatic N) is 3.